The molecule has 0 aliphatic carbocycles. The van der Waals surface area contributed by atoms with Gasteiger partial charge in [0.15, 0.2) is 0 Å². The lowest BCUT2D eigenvalue weighted by Crippen LogP contribution is -2.51. The van der Waals surface area contributed by atoms with Crippen LogP contribution in [0.4, 0.5) is 10.1 Å². The van der Waals surface area contributed by atoms with Crippen LogP contribution >= 0.6 is 12.4 Å². The molecule has 2 aromatic rings. The SMILES string of the molecule is COC1(C(=O)Nc2cccc(OCc3ccc(F)cc3)c2)CCNCC1.Cl. The normalized spacial score (nSPS) is 15.5. The Bertz CT molecular complexity index is 749. The van der Waals surface area contributed by atoms with Crippen molar-refractivity contribution >= 4 is 24.0 Å². The van der Waals surface area contributed by atoms with E-state index in [2.05, 4.69) is 10.6 Å². The number of hydrogen-bond acceptors (Lipinski definition) is 4. The lowest BCUT2D eigenvalue weighted by Gasteiger charge is -2.34. The van der Waals surface area contributed by atoms with Gasteiger partial charge < -0.3 is 20.1 Å². The molecule has 2 aromatic carbocycles. The summed E-state index contributed by atoms with van der Waals surface area (Å²) in [6.07, 6.45) is 1.27. The molecule has 1 aliphatic rings. The molecule has 0 saturated carbocycles. The second-order valence-corrected chi connectivity index (χ2v) is 6.35. The molecule has 7 heteroatoms. The van der Waals surface area contributed by atoms with Gasteiger partial charge in [-0.25, -0.2) is 4.39 Å². The number of benzene rings is 2. The first-order valence-corrected chi connectivity index (χ1v) is 8.66. The molecule has 1 heterocycles. The van der Waals surface area contributed by atoms with E-state index in [-0.39, 0.29) is 24.1 Å². The number of methoxy groups -OCH3 is 1. The number of hydrogen-bond donors (Lipinski definition) is 2. The molecule has 0 unspecified atom stereocenters. The average molecular weight is 395 g/mol. The molecule has 2 N–H and O–H groups in total. The molecule has 146 valence electrons. The van der Waals surface area contributed by atoms with Gasteiger partial charge in [0.25, 0.3) is 5.91 Å². The largest absolute Gasteiger partial charge is 0.489 e. The highest BCUT2D eigenvalue weighted by Gasteiger charge is 2.39. The zero-order valence-electron chi connectivity index (χ0n) is 15.2. The molecule has 3 rings (SSSR count). The highest BCUT2D eigenvalue weighted by atomic mass is 35.5. The Morgan fingerprint density at radius 2 is 1.89 bits per heavy atom. The third-order valence-electron chi connectivity index (χ3n) is 4.63. The topological polar surface area (TPSA) is 59.6 Å². The molecule has 27 heavy (non-hydrogen) atoms. The number of carbonyl (C=O) groups excluding carboxylic acids is 1. The van der Waals surface area contributed by atoms with E-state index in [0.29, 0.717) is 30.9 Å². The number of ether oxygens (including phenoxy) is 2. The van der Waals surface area contributed by atoms with Gasteiger partial charge in [-0.05, 0) is 55.8 Å². The Labute approximate surface area is 164 Å². The summed E-state index contributed by atoms with van der Waals surface area (Å²) in [5.74, 6) is 0.213. The van der Waals surface area contributed by atoms with Gasteiger partial charge in [-0.15, -0.1) is 12.4 Å². The molecule has 0 aromatic heterocycles. The van der Waals surface area contributed by atoms with Gasteiger partial charge >= 0.3 is 0 Å². The number of rotatable bonds is 6. The smallest absolute Gasteiger partial charge is 0.256 e. The third kappa shape index (κ3) is 5.42. The summed E-state index contributed by atoms with van der Waals surface area (Å²) in [5, 5.41) is 6.16. The van der Waals surface area contributed by atoms with Gasteiger partial charge in [0, 0.05) is 18.9 Å². The molecule has 1 amide bonds. The lowest BCUT2D eigenvalue weighted by atomic mass is 9.91. The Balaban J connectivity index is 0.00000261. The second-order valence-electron chi connectivity index (χ2n) is 6.35. The van der Waals surface area contributed by atoms with Crippen LogP contribution in [0.25, 0.3) is 0 Å². The molecule has 5 nitrogen and oxygen atoms in total. The maximum atomic E-state index is 12.9. The molecule has 0 spiro atoms. The summed E-state index contributed by atoms with van der Waals surface area (Å²) < 4.78 is 24.2. The summed E-state index contributed by atoms with van der Waals surface area (Å²) in [4.78, 5) is 12.7. The first-order valence-electron chi connectivity index (χ1n) is 8.66. The number of anilines is 1. The van der Waals surface area contributed by atoms with Crippen LogP contribution in [0.2, 0.25) is 0 Å². The van der Waals surface area contributed by atoms with Gasteiger partial charge in [-0.1, -0.05) is 18.2 Å². The predicted octanol–water partition coefficient (Wildman–Crippen LogP) is 3.53. The van der Waals surface area contributed by atoms with Crippen molar-refractivity contribution in [1.29, 1.82) is 0 Å². The van der Waals surface area contributed by atoms with Crippen LogP contribution < -0.4 is 15.4 Å². The summed E-state index contributed by atoms with van der Waals surface area (Å²) in [5.41, 5.74) is 0.728. The maximum Gasteiger partial charge on any atom is 0.256 e. The first kappa shape index (κ1) is 21.2. The van der Waals surface area contributed by atoms with E-state index in [4.69, 9.17) is 9.47 Å². The summed E-state index contributed by atoms with van der Waals surface area (Å²) in [6.45, 7) is 1.83. The van der Waals surface area contributed by atoms with Gasteiger partial charge in [0.2, 0.25) is 0 Å². The monoisotopic (exact) mass is 394 g/mol. The first-order chi connectivity index (χ1) is 12.6. The minimum atomic E-state index is -0.795. The summed E-state index contributed by atoms with van der Waals surface area (Å²) in [6, 6.07) is 13.4. The van der Waals surface area contributed by atoms with Crippen LogP contribution in [0.15, 0.2) is 48.5 Å². The Morgan fingerprint density at radius 1 is 1.19 bits per heavy atom. The fourth-order valence-electron chi connectivity index (χ4n) is 3.01. The molecule has 0 bridgehead atoms. The highest BCUT2D eigenvalue weighted by molar-refractivity contribution is 5.97. The van der Waals surface area contributed by atoms with Crippen molar-refractivity contribution in [2.24, 2.45) is 0 Å². The van der Waals surface area contributed by atoms with Crippen molar-refractivity contribution in [3.8, 4) is 5.75 Å². The molecule has 1 saturated heterocycles. The Morgan fingerprint density at radius 3 is 2.56 bits per heavy atom. The number of halogens is 2. The predicted molar refractivity (Wildman–Crippen MR) is 105 cm³/mol. The number of carbonyl (C=O) groups is 1. The van der Waals surface area contributed by atoms with E-state index in [9.17, 15) is 9.18 Å². The summed E-state index contributed by atoms with van der Waals surface area (Å²) in [7, 11) is 1.58. The van der Waals surface area contributed by atoms with Crippen molar-refractivity contribution < 1.29 is 18.7 Å². The zero-order chi connectivity index (χ0) is 18.4. The van der Waals surface area contributed by atoms with Gasteiger partial charge in [-0.3, -0.25) is 4.79 Å². The van der Waals surface area contributed by atoms with Crippen LogP contribution in [0, 0.1) is 5.82 Å². The fraction of sp³-hybridized carbons (Fsp3) is 0.350. The molecular weight excluding hydrogens is 371 g/mol. The maximum absolute atomic E-state index is 12.9. The number of nitrogens with one attached hydrogen (secondary N) is 2. The minimum absolute atomic E-state index is 0. The quantitative estimate of drug-likeness (QED) is 0.786. The van der Waals surface area contributed by atoms with Crippen molar-refractivity contribution in [2.75, 3.05) is 25.5 Å². The third-order valence-corrected chi connectivity index (χ3v) is 4.63. The van der Waals surface area contributed by atoms with Crippen LogP contribution in [-0.4, -0.2) is 31.7 Å². The van der Waals surface area contributed by atoms with E-state index < -0.39 is 5.60 Å². The molecule has 1 aliphatic heterocycles. The Hall–Kier alpha value is -2.15. The van der Waals surface area contributed by atoms with Crippen molar-refractivity contribution in [1.82, 2.24) is 5.32 Å². The lowest BCUT2D eigenvalue weighted by molar-refractivity contribution is -0.140. The second kappa shape index (κ2) is 9.69. The van der Waals surface area contributed by atoms with Gasteiger partial charge in [-0.2, -0.15) is 0 Å². The number of piperidine rings is 1. The summed E-state index contributed by atoms with van der Waals surface area (Å²) >= 11 is 0. The van der Waals surface area contributed by atoms with E-state index in [1.807, 2.05) is 18.2 Å². The van der Waals surface area contributed by atoms with Crippen LogP contribution in [0.1, 0.15) is 18.4 Å². The van der Waals surface area contributed by atoms with Crippen molar-refractivity contribution in [3.63, 3.8) is 0 Å². The van der Waals surface area contributed by atoms with Gasteiger partial charge in [0.05, 0.1) is 0 Å². The van der Waals surface area contributed by atoms with E-state index >= 15 is 0 Å². The van der Waals surface area contributed by atoms with Gasteiger partial charge in [0.1, 0.15) is 23.8 Å². The average Bonchev–Trinajstić information content (AvgIpc) is 2.68. The molecule has 0 radical (unpaired) electrons. The van der Waals surface area contributed by atoms with Crippen LogP contribution in [-0.2, 0) is 16.1 Å². The zero-order valence-corrected chi connectivity index (χ0v) is 16.0. The fourth-order valence-corrected chi connectivity index (χ4v) is 3.01. The van der Waals surface area contributed by atoms with E-state index in [0.717, 1.165) is 18.7 Å². The molecular formula is C20H24ClFN2O3. The van der Waals surface area contributed by atoms with E-state index in [1.54, 1.807) is 25.3 Å². The Kier molecular flexibility index (Phi) is 7.59. The molecule has 0 atom stereocenters. The van der Waals surface area contributed by atoms with Crippen molar-refractivity contribution in [3.05, 3.63) is 59.9 Å². The van der Waals surface area contributed by atoms with Crippen LogP contribution in [0.3, 0.4) is 0 Å². The van der Waals surface area contributed by atoms with Crippen molar-refractivity contribution in [2.45, 2.75) is 25.0 Å². The minimum Gasteiger partial charge on any atom is -0.489 e. The van der Waals surface area contributed by atoms with E-state index in [1.165, 1.54) is 12.1 Å². The molecule has 1 fully saturated rings. The van der Waals surface area contributed by atoms with Crippen LogP contribution in [0.5, 0.6) is 5.75 Å². The number of amides is 1. The standard InChI is InChI=1S/C20H23FN2O3.ClH/c1-25-20(9-11-22-12-10-20)19(24)23-17-3-2-4-18(13-17)26-14-15-5-7-16(21)8-6-15;/h2-8,13,22H,9-12,14H2,1H3,(H,23,24);1H. The highest BCUT2D eigenvalue weighted by Crippen LogP contribution is 2.26.